The zero-order valence-corrected chi connectivity index (χ0v) is 9.10. The van der Waals surface area contributed by atoms with Gasteiger partial charge in [0.1, 0.15) is 0 Å². The van der Waals surface area contributed by atoms with E-state index >= 15 is 0 Å². The summed E-state index contributed by atoms with van der Waals surface area (Å²) in [5.74, 6) is 5.62. The van der Waals surface area contributed by atoms with Crippen molar-refractivity contribution in [2.24, 2.45) is 11.3 Å². The number of hydrazine groups is 1. The predicted molar refractivity (Wildman–Crippen MR) is 57.2 cm³/mol. The fourth-order valence-corrected chi connectivity index (χ4v) is 2.63. The molecule has 0 spiro atoms. The number of hydrogen-bond donors (Lipinski definition) is 2. The maximum Gasteiger partial charge on any atom is 0.0264 e. The molecule has 1 aliphatic rings. The van der Waals surface area contributed by atoms with E-state index in [9.17, 15) is 0 Å². The first-order valence-electron chi connectivity index (χ1n) is 5.69. The largest absolute Gasteiger partial charge is 0.271 e. The van der Waals surface area contributed by atoms with Crippen LogP contribution in [-0.4, -0.2) is 6.04 Å². The summed E-state index contributed by atoms with van der Waals surface area (Å²) in [6, 6.07) is 0.526. The second-order valence-corrected chi connectivity index (χ2v) is 4.72. The molecule has 0 radical (unpaired) electrons. The summed E-state index contributed by atoms with van der Waals surface area (Å²) in [5.41, 5.74) is 3.47. The number of rotatable bonds is 4. The summed E-state index contributed by atoms with van der Waals surface area (Å²) >= 11 is 0. The SMILES string of the molecule is CCCC(NN)C1(C)CCCCC1. The Hall–Kier alpha value is -0.0800. The zero-order valence-electron chi connectivity index (χ0n) is 9.10. The highest BCUT2D eigenvalue weighted by molar-refractivity contribution is 4.88. The maximum atomic E-state index is 5.62. The number of nitrogens with two attached hydrogens (primary N) is 1. The van der Waals surface area contributed by atoms with Crippen molar-refractivity contribution in [3.05, 3.63) is 0 Å². The Morgan fingerprint density at radius 2 is 1.92 bits per heavy atom. The van der Waals surface area contributed by atoms with E-state index in [1.54, 1.807) is 0 Å². The summed E-state index contributed by atoms with van der Waals surface area (Å²) in [6.45, 7) is 4.63. The first-order valence-corrected chi connectivity index (χ1v) is 5.69. The van der Waals surface area contributed by atoms with Gasteiger partial charge in [-0.05, 0) is 24.7 Å². The van der Waals surface area contributed by atoms with E-state index in [4.69, 9.17) is 5.84 Å². The van der Waals surface area contributed by atoms with Gasteiger partial charge < -0.3 is 0 Å². The molecular weight excluding hydrogens is 160 g/mol. The van der Waals surface area contributed by atoms with Crippen molar-refractivity contribution in [3.8, 4) is 0 Å². The third kappa shape index (κ3) is 2.68. The van der Waals surface area contributed by atoms with Crippen molar-refractivity contribution < 1.29 is 0 Å². The van der Waals surface area contributed by atoms with Crippen LogP contribution in [0, 0.1) is 5.41 Å². The highest BCUT2D eigenvalue weighted by Crippen LogP contribution is 2.39. The molecule has 0 amide bonds. The third-order valence-electron chi connectivity index (χ3n) is 3.62. The standard InChI is InChI=1S/C11H24N2/c1-3-7-10(13-12)11(2)8-5-4-6-9-11/h10,13H,3-9,12H2,1-2H3. The highest BCUT2D eigenvalue weighted by atomic mass is 15.2. The van der Waals surface area contributed by atoms with Crippen molar-refractivity contribution >= 4 is 0 Å². The zero-order chi connectivity index (χ0) is 9.73. The van der Waals surface area contributed by atoms with E-state index in [-0.39, 0.29) is 0 Å². The fourth-order valence-electron chi connectivity index (χ4n) is 2.63. The molecule has 1 aliphatic carbocycles. The molecule has 1 unspecified atom stereocenters. The average Bonchev–Trinajstić information content (AvgIpc) is 2.15. The lowest BCUT2D eigenvalue weighted by Crippen LogP contribution is -2.47. The van der Waals surface area contributed by atoms with Gasteiger partial charge >= 0.3 is 0 Å². The topological polar surface area (TPSA) is 38.0 Å². The lowest BCUT2D eigenvalue weighted by molar-refractivity contribution is 0.137. The number of nitrogens with one attached hydrogen (secondary N) is 1. The Labute approximate surface area is 82.2 Å². The molecule has 78 valence electrons. The molecule has 0 aromatic carbocycles. The minimum absolute atomic E-state index is 0.461. The first kappa shape index (κ1) is 11.0. The second-order valence-electron chi connectivity index (χ2n) is 4.72. The molecule has 1 saturated carbocycles. The molecule has 0 saturated heterocycles. The van der Waals surface area contributed by atoms with Crippen LogP contribution >= 0.6 is 0 Å². The van der Waals surface area contributed by atoms with Gasteiger partial charge in [-0.25, -0.2) is 0 Å². The van der Waals surface area contributed by atoms with Crippen molar-refractivity contribution in [2.45, 2.75) is 64.8 Å². The van der Waals surface area contributed by atoms with Gasteiger partial charge in [-0.1, -0.05) is 39.5 Å². The van der Waals surface area contributed by atoms with E-state index in [0.717, 1.165) is 0 Å². The average molecular weight is 184 g/mol. The summed E-state index contributed by atoms with van der Waals surface area (Å²) in [5, 5.41) is 0. The molecule has 2 nitrogen and oxygen atoms in total. The van der Waals surface area contributed by atoms with Crippen LogP contribution in [0.5, 0.6) is 0 Å². The van der Waals surface area contributed by atoms with E-state index in [2.05, 4.69) is 19.3 Å². The smallest absolute Gasteiger partial charge is 0.0264 e. The van der Waals surface area contributed by atoms with Crippen LogP contribution in [-0.2, 0) is 0 Å². The Morgan fingerprint density at radius 1 is 1.31 bits per heavy atom. The Kier molecular flexibility index (Phi) is 4.20. The van der Waals surface area contributed by atoms with Gasteiger partial charge in [-0.2, -0.15) is 0 Å². The van der Waals surface area contributed by atoms with Crippen molar-refractivity contribution in [3.63, 3.8) is 0 Å². The summed E-state index contributed by atoms with van der Waals surface area (Å²) in [6.07, 6.45) is 9.33. The minimum Gasteiger partial charge on any atom is -0.271 e. The van der Waals surface area contributed by atoms with Crippen LogP contribution in [0.1, 0.15) is 58.8 Å². The van der Waals surface area contributed by atoms with E-state index < -0.39 is 0 Å². The van der Waals surface area contributed by atoms with Crippen molar-refractivity contribution in [2.75, 3.05) is 0 Å². The second kappa shape index (κ2) is 4.97. The van der Waals surface area contributed by atoms with Gasteiger partial charge in [0, 0.05) is 6.04 Å². The molecule has 0 heterocycles. The fraction of sp³-hybridized carbons (Fsp3) is 1.00. The monoisotopic (exact) mass is 184 g/mol. The van der Waals surface area contributed by atoms with Gasteiger partial charge in [0.25, 0.3) is 0 Å². The van der Waals surface area contributed by atoms with Gasteiger partial charge in [-0.3, -0.25) is 11.3 Å². The van der Waals surface area contributed by atoms with Crippen molar-refractivity contribution in [1.29, 1.82) is 0 Å². The molecular formula is C11H24N2. The molecule has 2 heteroatoms. The Morgan fingerprint density at radius 3 is 2.38 bits per heavy atom. The molecule has 1 fully saturated rings. The molecule has 0 aliphatic heterocycles. The van der Waals surface area contributed by atoms with E-state index in [1.165, 1.54) is 44.9 Å². The predicted octanol–water partition coefficient (Wildman–Crippen LogP) is 2.59. The van der Waals surface area contributed by atoms with Crippen LogP contribution in [0.4, 0.5) is 0 Å². The van der Waals surface area contributed by atoms with Crippen LogP contribution in [0.2, 0.25) is 0 Å². The van der Waals surface area contributed by atoms with Crippen molar-refractivity contribution in [1.82, 2.24) is 5.43 Å². The quantitative estimate of drug-likeness (QED) is 0.520. The third-order valence-corrected chi connectivity index (χ3v) is 3.62. The van der Waals surface area contributed by atoms with Crippen LogP contribution in [0.15, 0.2) is 0 Å². The lowest BCUT2D eigenvalue weighted by Gasteiger charge is -2.40. The van der Waals surface area contributed by atoms with Crippen LogP contribution in [0.3, 0.4) is 0 Å². The molecule has 1 atom stereocenters. The molecule has 13 heavy (non-hydrogen) atoms. The van der Waals surface area contributed by atoms with Crippen LogP contribution < -0.4 is 11.3 Å². The van der Waals surface area contributed by atoms with E-state index in [1.807, 2.05) is 0 Å². The molecule has 0 aromatic heterocycles. The maximum absolute atomic E-state index is 5.62. The van der Waals surface area contributed by atoms with Gasteiger partial charge in [-0.15, -0.1) is 0 Å². The minimum atomic E-state index is 0.461. The Balaban J connectivity index is 2.52. The Bertz CT molecular complexity index is 139. The highest BCUT2D eigenvalue weighted by Gasteiger charge is 2.33. The van der Waals surface area contributed by atoms with Gasteiger partial charge in [0.05, 0.1) is 0 Å². The molecule has 3 N–H and O–H groups in total. The summed E-state index contributed by atoms with van der Waals surface area (Å²) in [7, 11) is 0. The van der Waals surface area contributed by atoms with Gasteiger partial charge in [0.2, 0.25) is 0 Å². The summed E-state index contributed by atoms with van der Waals surface area (Å²) < 4.78 is 0. The number of hydrogen-bond acceptors (Lipinski definition) is 2. The molecule has 1 rings (SSSR count). The van der Waals surface area contributed by atoms with Gasteiger partial charge in [0.15, 0.2) is 0 Å². The normalized spacial score (nSPS) is 24.2. The van der Waals surface area contributed by atoms with E-state index in [0.29, 0.717) is 11.5 Å². The molecule has 0 bridgehead atoms. The first-order chi connectivity index (χ1) is 6.23. The summed E-state index contributed by atoms with van der Waals surface area (Å²) in [4.78, 5) is 0. The van der Waals surface area contributed by atoms with Crippen LogP contribution in [0.25, 0.3) is 0 Å². The lowest BCUT2D eigenvalue weighted by atomic mass is 9.69. The molecule has 0 aromatic rings.